The van der Waals surface area contributed by atoms with Gasteiger partial charge in [0.05, 0.1) is 23.3 Å². The van der Waals surface area contributed by atoms with Crippen molar-refractivity contribution < 1.29 is 19.6 Å². The molecule has 0 bridgehead atoms. The number of rotatable bonds is 6. The van der Waals surface area contributed by atoms with Gasteiger partial charge in [0.15, 0.2) is 5.75 Å². The van der Waals surface area contributed by atoms with Crippen LogP contribution < -0.4 is 15.4 Å². The lowest BCUT2D eigenvalue weighted by atomic mass is 9.92. The maximum atomic E-state index is 12.6. The number of thiazole rings is 1. The second-order valence-corrected chi connectivity index (χ2v) is 7.49. The Labute approximate surface area is 181 Å². The Morgan fingerprint density at radius 2 is 2.06 bits per heavy atom. The molecule has 1 aromatic heterocycles. The molecule has 0 spiro atoms. The second-order valence-electron chi connectivity index (χ2n) is 6.60. The normalized spacial score (nSPS) is 15.9. The maximum Gasteiger partial charge on any atom is 0.320 e. The Morgan fingerprint density at radius 1 is 1.29 bits per heavy atom. The van der Waals surface area contributed by atoms with E-state index in [-0.39, 0.29) is 12.4 Å². The molecule has 3 aromatic rings. The van der Waals surface area contributed by atoms with Gasteiger partial charge in [0.25, 0.3) is 0 Å². The summed E-state index contributed by atoms with van der Waals surface area (Å²) in [6.45, 7) is 1.91. The van der Waals surface area contributed by atoms with Crippen LogP contribution in [0.1, 0.15) is 29.1 Å². The van der Waals surface area contributed by atoms with Gasteiger partial charge < -0.3 is 20.5 Å². The minimum Gasteiger partial charge on any atom is -0.500 e. The molecular formula is C21H18N4O5S. The fraction of sp³-hybridized carbons (Fsp3) is 0.143. The van der Waals surface area contributed by atoms with Crippen molar-refractivity contribution in [2.75, 3.05) is 6.61 Å². The third-order valence-corrected chi connectivity index (χ3v) is 5.51. The summed E-state index contributed by atoms with van der Waals surface area (Å²) in [6, 6.07) is 10.8. The molecule has 2 heterocycles. The highest BCUT2D eigenvalue weighted by molar-refractivity contribution is 7.10. The second kappa shape index (κ2) is 8.44. The Kier molecular flexibility index (Phi) is 5.54. The van der Waals surface area contributed by atoms with Gasteiger partial charge >= 0.3 is 11.7 Å². The molecule has 10 heteroatoms. The molecular weight excluding hydrogens is 420 g/mol. The first-order chi connectivity index (χ1) is 15.0. The summed E-state index contributed by atoms with van der Waals surface area (Å²) in [5.41, 5.74) is 1.86. The summed E-state index contributed by atoms with van der Waals surface area (Å²) in [7, 11) is 0. The molecule has 1 aliphatic heterocycles. The number of carbonyl (C=O) groups excluding carboxylic acids is 1. The Bertz CT molecular complexity index is 1160. The van der Waals surface area contributed by atoms with Crippen LogP contribution in [-0.4, -0.2) is 27.7 Å². The van der Waals surface area contributed by atoms with E-state index in [2.05, 4.69) is 15.6 Å². The molecule has 9 nitrogen and oxygen atoms in total. The molecule has 3 N–H and O–H groups in total. The van der Waals surface area contributed by atoms with Crippen LogP contribution in [0.25, 0.3) is 11.3 Å². The average molecular weight is 438 g/mol. The molecule has 0 saturated carbocycles. The largest absolute Gasteiger partial charge is 0.500 e. The van der Waals surface area contributed by atoms with Gasteiger partial charge in [-0.15, -0.1) is 11.3 Å². The molecule has 31 heavy (non-hydrogen) atoms. The monoisotopic (exact) mass is 438 g/mol. The molecule has 0 fully saturated rings. The minimum atomic E-state index is -0.756. The van der Waals surface area contributed by atoms with Crippen molar-refractivity contribution in [3.8, 4) is 11.5 Å². The number of nitrogens with one attached hydrogen (secondary N) is 2. The number of phenols is 1. The number of nitrogens with zero attached hydrogens (tertiary/aromatic N) is 2. The van der Waals surface area contributed by atoms with Crippen LogP contribution in [0.2, 0.25) is 0 Å². The first-order valence-corrected chi connectivity index (χ1v) is 10.3. The predicted octanol–water partition coefficient (Wildman–Crippen LogP) is 4.08. The zero-order chi connectivity index (χ0) is 22.0. The van der Waals surface area contributed by atoms with Gasteiger partial charge in [0.2, 0.25) is 5.75 Å². The Balaban J connectivity index is 1.96. The van der Waals surface area contributed by atoms with Gasteiger partial charge in [0.1, 0.15) is 5.01 Å². The molecule has 1 atom stereocenters. The third kappa shape index (κ3) is 3.92. The number of ether oxygens (including phenoxy) is 1. The van der Waals surface area contributed by atoms with Crippen LogP contribution in [0, 0.1) is 10.1 Å². The van der Waals surface area contributed by atoms with Gasteiger partial charge in [-0.2, -0.15) is 0 Å². The summed E-state index contributed by atoms with van der Waals surface area (Å²) in [5.74, 6) is -0.585. The number of amides is 2. The highest BCUT2D eigenvalue weighted by atomic mass is 32.1. The first-order valence-electron chi connectivity index (χ1n) is 9.40. The first kappa shape index (κ1) is 20.4. The number of phenolic OH excluding ortho intramolecular Hbond substituents is 1. The van der Waals surface area contributed by atoms with Crippen LogP contribution in [0.4, 0.5) is 10.5 Å². The molecule has 0 aliphatic carbocycles. The van der Waals surface area contributed by atoms with E-state index in [9.17, 15) is 20.0 Å². The third-order valence-electron chi connectivity index (χ3n) is 4.70. The zero-order valence-electron chi connectivity index (χ0n) is 16.4. The summed E-state index contributed by atoms with van der Waals surface area (Å²) in [5, 5.41) is 29.9. The molecule has 158 valence electrons. The van der Waals surface area contributed by atoms with Gasteiger partial charge in [-0.05, 0) is 24.1 Å². The molecule has 0 saturated heterocycles. The van der Waals surface area contributed by atoms with Gasteiger partial charge in [-0.1, -0.05) is 30.3 Å². The van der Waals surface area contributed by atoms with E-state index >= 15 is 0 Å². The summed E-state index contributed by atoms with van der Waals surface area (Å²) >= 11 is 1.38. The summed E-state index contributed by atoms with van der Waals surface area (Å²) < 4.78 is 5.41. The average Bonchev–Trinajstić information content (AvgIpc) is 3.29. The van der Waals surface area contributed by atoms with E-state index in [1.807, 2.05) is 35.7 Å². The van der Waals surface area contributed by atoms with Crippen molar-refractivity contribution in [1.82, 2.24) is 15.6 Å². The quantitative estimate of drug-likeness (QED) is 0.393. The van der Waals surface area contributed by atoms with Gasteiger partial charge in [-0.3, -0.25) is 10.1 Å². The number of benzene rings is 2. The lowest BCUT2D eigenvalue weighted by Crippen LogP contribution is -2.43. The number of hydrogen-bond acceptors (Lipinski definition) is 7. The van der Waals surface area contributed by atoms with Crippen LogP contribution in [0.15, 0.2) is 54.0 Å². The minimum absolute atomic E-state index is 0.0285. The van der Waals surface area contributed by atoms with E-state index in [0.717, 1.165) is 5.56 Å². The van der Waals surface area contributed by atoms with E-state index in [0.29, 0.717) is 21.8 Å². The number of carbonyl (C=O) groups is 1. The number of nitro benzene ring substituents is 1. The number of aromatic nitrogens is 1. The Hall–Kier alpha value is -3.92. The van der Waals surface area contributed by atoms with E-state index in [1.165, 1.54) is 23.5 Å². The standard InChI is InChI=1S/C21H18N4O5S/c1-2-30-15-11-13(10-14(19(15)26)25(28)29)18-16(20-22-8-9-31-20)17(23-21(27)24-18)12-6-4-3-5-7-12/h3-11,18,26H,2H2,1H3,(H2,23,24,27). The topological polar surface area (TPSA) is 127 Å². The van der Waals surface area contributed by atoms with E-state index in [1.54, 1.807) is 13.1 Å². The maximum absolute atomic E-state index is 12.6. The van der Waals surface area contributed by atoms with Crippen molar-refractivity contribution >= 4 is 34.3 Å². The molecule has 4 rings (SSSR count). The molecule has 1 unspecified atom stereocenters. The van der Waals surface area contributed by atoms with Gasteiger partial charge in [-0.25, -0.2) is 9.78 Å². The summed E-state index contributed by atoms with van der Waals surface area (Å²) in [6.07, 6.45) is 1.65. The highest BCUT2D eigenvalue weighted by Gasteiger charge is 2.34. The fourth-order valence-corrected chi connectivity index (χ4v) is 4.14. The van der Waals surface area contributed by atoms with Crippen LogP contribution in [-0.2, 0) is 0 Å². The number of urea groups is 1. The lowest BCUT2D eigenvalue weighted by Gasteiger charge is -2.30. The van der Waals surface area contributed by atoms with Crippen LogP contribution in [0.3, 0.4) is 0 Å². The smallest absolute Gasteiger partial charge is 0.320 e. The zero-order valence-corrected chi connectivity index (χ0v) is 17.2. The van der Waals surface area contributed by atoms with E-state index in [4.69, 9.17) is 4.74 Å². The number of nitro groups is 1. The molecule has 2 amide bonds. The molecule has 2 aromatic carbocycles. The van der Waals surface area contributed by atoms with Crippen molar-refractivity contribution in [2.24, 2.45) is 0 Å². The summed E-state index contributed by atoms with van der Waals surface area (Å²) in [4.78, 5) is 27.8. The van der Waals surface area contributed by atoms with Crippen LogP contribution in [0.5, 0.6) is 11.5 Å². The van der Waals surface area contributed by atoms with Gasteiger partial charge in [0, 0.05) is 23.2 Å². The van der Waals surface area contributed by atoms with Crippen molar-refractivity contribution in [1.29, 1.82) is 0 Å². The number of hydrogen-bond donors (Lipinski definition) is 3. The number of aromatic hydroxyl groups is 1. The molecule has 0 radical (unpaired) electrons. The Morgan fingerprint density at radius 3 is 2.71 bits per heavy atom. The molecule has 1 aliphatic rings. The fourth-order valence-electron chi connectivity index (χ4n) is 3.42. The highest BCUT2D eigenvalue weighted by Crippen LogP contribution is 2.44. The van der Waals surface area contributed by atoms with E-state index < -0.39 is 28.4 Å². The predicted molar refractivity (Wildman–Crippen MR) is 116 cm³/mol. The SMILES string of the molecule is CCOc1cc(C2NC(=O)NC(c3ccccc3)=C2c2nccs2)cc([N+](=O)[O-])c1O. The van der Waals surface area contributed by atoms with Crippen LogP contribution >= 0.6 is 11.3 Å². The van der Waals surface area contributed by atoms with Crippen molar-refractivity contribution in [2.45, 2.75) is 13.0 Å². The van der Waals surface area contributed by atoms with Crippen molar-refractivity contribution in [3.05, 3.63) is 80.3 Å². The van der Waals surface area contributed by atoms with Crippen molar-refractivity contribution in [3.63, 3.8) is 0 Å². The lowest BCUT2D eigenvalue weighted by molar-refractivity contribution is -0.386.